The van der Waals surface area contributed by atoms with Gasteiger partial charge >= 0.3 is 0 Å². The molecule has 0 spiro atoms. The Balaban J connectivity index is 2.07. The molecular formula is C20H21FN8O. The summed E-state index contributed by atoms with van der Waals surface area (Å²) in [5, 5.41) is 16.3. The SMILES string of the molecule is C=C/C=C\CC(F)Nc1ncnc2c1cc(C1(C#N)CC1)c(=O)n2CCCN=[N+]=[N-]. The van der Waals surface area contributed by atoms with Crippen molar-refractivity contribution in [3.05, 3.63) is 63.6 Å². The van der Waals surface area contributed by atoms with Crippen LogP contribution < -0.4 is 10.9 Å². The van der Waals surface area contributed by atoms with Gasteiger partial charge in [0.1, 0.15) is 17.8 Å². The molecule has 0 bridgehead atoms. The van der Waals surface area contributed by atoms with E-state index in [1.54, 1.807) is 24.3 Å². The van der Waals surface area contributed by atoms with Crippen LogP contribution in [0.4, 0.5) is 10.2 Å². The molecule has 1 aliphatic rings. The Bertz CT molecular complexity index is 1120. The summed E-state index contributed by atoms with van der Waals surface area (Å²) < 4.78 is 15.8. The monoisotopic (exact) mass is 408 g/mol. The molecule has 2 aromatic rings. The molecule has 0 aromatic carbocycles. The van der Waals surface area contributed by atoms with E-state index in [1.165, 1.54) is 10.9 Å². The van der Waals surface area contributed by atoms with Crippen LogP contribution in [0.15, 0.2) is 47.1 Å². The highest BCUT2D eigenvalue weighted by Gasteiger charge is 2.47. The lowest BCUT2D eigenvalue weighted by atomic mass is 9.98. The molecule has 1 unspecified atom stereocenters. The molecule has 1 N–H and O–H groups in total. The number of anilines is 1. The first-order valence-electron chi connectivity index (χ1n) is 9.55. The van der Waals surface area contributed by atoms with Crippen LogP contribution in [0, 0.1) is 11.3 Å². The number of rotatable bonds is 10. The molecule has 1 saturated carbocycles. The van der Waals surface area contributed by atoms with Gasteiger partial charge in [-0.3, -0.25) is 9.36 Å². The van der Waals surface area contributed by atoms with E-state index in [4.69, 9.17) is 5.53 Å². The van der Waals surface area contributed by atoms with Crippen molar-refractivity contribution in [3.63, 3.8) is 0 Å². The van der Waals surface area contributed by atoms with Gasteiger partial charge in [0.05, 0.1) is 16.9 Å². The minimum absolute atomic E-state index is 0.109. The van der Waals surface area contributed by atoms with Gasteiger partial charge in [0, 0.05) is 30.0 Å². The van der Waals surface area contributed by atoms with Crippen LogP contribution in [-0.4, -0.2) is 27.4 Å². The Morgan fingerprint density at radius 2 is 2.33 bits per heavy atom. The number of allylic oxidation sites excluding steroid dienone is 2. The van der Waals surface area contributed by atoms with Gasteiger partial charge in [0.15, 0.2) is 6.30 Å². The normalized spacial score (nSPS) is 15.3. The molecule has 0 radical (unpaired) electrons. The first-order chi connectivity index (χ1) is 14.6. The fourth-order valence-corrected chi connectivity index (χ4v) is 3.26. The predicted molar refractivity (Wildman–Crippen MR) is 111 cm³/mol. The molecule has 2 aromatic heterocycles. The lowest BCUT2D eigenvalue weighted by Gasteiger charge is -2.17. The van der Waals surface area contributed by atoms with Crippen molar-refractivity contribution >= 4 is 16.9 Å². The van der Waals surface area contributed by atoms with Crippen LogP contribution >= 0.6 is 0 Å². The number of hydrogen-bond acceptors (Lipinski definition) is 6. The number of alkyl halides is 1. The maximum Gasteiger partial charge on any atom is 0.257 e. The highest BCUT2D eigenvalue weighted by Crippen LogP contribution is 2.46. The van der Waals surface area contributed by atoms with Crippen molar-refractivity contribution < 1.29 is 4.39 Å². The van der Waals surface area contributed by atoms with E-state index < -0.39 is 11.7 Å². The first kappa shape index (κ1) is 21.0. The second-order valence-corrected chi connectivity index (χ2v) is 6.99. The predicted octanol–water partition coefficient (Wildman–Crippen LogP) is 3.89. The van der Waals surface area contributed by atoms with Crippen LogP contribution in [0.25, 0.3) is 21.5 Å². The summed E-state index contributed by atoms with van der Waals surface area (Å²) in [6.45, 7) is 4.02. The molecule has 9 nitrogen and oxygen atoms in total. The second-order valence-electron chi connectivity index (χ2n) is 6.99. The van der Waals surface area contributed by atoms with E-state index in [9.17, 15) is 14.4 Å². The van der Waals surface area contributed by atoms with E-state index in [-0.39, 0.29) is 30.9 Å². The Kier molecular flexibility index (Phi) is 6.45. The van der Waals surface area contributed by atoms with Gasteiger partial charge in [-0.25, -0.2) is 14.4 Å². The van der Waals surface area contributed by atoms with Crippen molar-refractivity contribution in [1.29, 1.82) is 5.26 Å². The number of nitrogens with one attached hydrogen (secondary N) is 1. The van der Waals surface area contributed by atoms with Crippen LogP contribution in [0.3, 0.4) is 0 Å². The topological polar surface area (TPSA) is 132 Å². The van der Waals surface area contributed by atoms with Crippen molar-refractivity contribution in [2.45, 2.75) is 43.9 Å². The fraction of sp³-hybridized carbons (Fsp3) is 0.400. The van der Waals surface area contributed by atoms with Gasteiger partial charge in [-0.15, -0.1) is 0 Å². The fourth-order valence-electron chi connectivity index (χ4n) is 3.26. The summed E-state index contributed by atoms with van der Waals surface area (Å²) in [6, 6.07) is 3.84. The molecular weight excluding hydrogens is 387 g/mol. The van der Waals surface area contributed by atoms with E-state index in [0.29, 0.717) is 35.9 Å². The average molecular weight is 408 g/mol. The number of pyridine rings is 1. The number of fused-ring (bicyclic) bond motifs is 1. The van der Waals surface area contributed by atoms with Gasteiger partial charge < -0.3 is 5.32 Å². The molecule has 1 fully saturated rings. The van der Waals surface area contributed by atoms with Crippen LogP contribution in [-0.2, 0) is 12.0 Å². The minimum Gasteiger partial charge on any atom is -0.340 e. The third-order valence-electron chi connectivity index (χ3n) is 4.97. The Labute approximate surface area is 172 Å². The lowest BCUT2D eigenvalue weighted by molar-refractivity contribution is 0.375. The molecule has 1 aliphatic carbocycles. The third kappa shape index (κ3) is 4.31. The van der Waals surface area contributed by atoms with Gasteiger partial charge in [0.2, 0.25) is 0 Å². The summed E-state index contributed by atoms with van der Waals surface area (Å²) in [5.74, 6) is 0.248. The standard InChI is InChI=1S/C20H21FN8O/c1-2-3-4-6-16(21)27-17-14-11-15(20(12-22)7-8-20)19(30)29(10-5-9-26-28-23)18(14)25-13-24-17/h2-4,11,13,16H,1,5-10H2,(H,24,25,27)/b4-3-. The minimum atomic E-state index is -1.40. The van der Waals surface area contributed by atoms with Gasteiger partial charge in [-0.1, -0.05) is 29.9 Å². The zero-order valence-electron chi connectivity index (χ0n) is 16.3. The highest BCUT2D eigenvalue weighted by molar-refractivity contribution is 5.87. The van der Waals surface area contributed by atoms with E-state index in [0.717, 1.165) is 0 Å². The quantitative estimate of drug-likeness (QED) is 0.159. The lowest BCUT2D eigenvalue weighted by Crippen LogP contribution is -2.29. The largest absolute Gasteiger partial charge is 0.340 e. The molecule has 2 heterocycles. The summed E-state index contributed by atoms with van der Waals surface area (Å²) >= 11 is 0. The van der Waals surface area contributed by atoms with Crippen molar-refractivity contribution in [2.75, 3.05) is 11.9 Å². The number of hydrogen-bond donors (Lipinski definition) is 1. The number of nitriles is 1. The summed E-state index contributed by atoms with van der Waals surface area (Å²) in [4.78, 5) is 24.2. The maximum absolute atomic E-state index is 14.4. The van der Waals surface area contributed by atoms with Crippen molar-refractivity contribution in [3.8, 4) is 6.07 Å². The van der Waals surface area contributed by atoms with E-state index in [2.05, 4.69) is 38.0 Å². The number of azide groups is 1. The molecule has 154 valence electrons. The Morgan fingerprint density at radius 1 is 1.53 bits per heavy atom. The number of aryl methyl sites for hydroxylation is 1. The molecule has 3 rings (SSSR count). The van der Waals surface area contributed by atoms with Crippen molar-refractivity contribution in [1.82, 2.24) is 14.5 Å². The summed E-state index contributed by atoms with van der Waals surface area (Å²) in [6.07, 6.45) is 6.43. The Morgan fingerprint density at radius 3 is 3.00 bits per heavy atom. The zero-order chi connectivity index (χ0) is 21.6. The van der Waals surface area contributed by atoms with Gasteiger partial charge in [-0.05, 0) is 30.9 Å². The van der Waals surface area contributed by atoms with Crippen LogP contribution in [0.5, 0.6) is 0 Å². The summed E-state index contributed by atoms with van der Waals surface area (Å²) in [7, 11) is 0. The summed E-state index contributed by atoms with van der Waals surface area (Å²) in [5.41, 5.74) is 8.02. The number of aromatic nitrogens is 3. The van der Waals surface area contributed by atoms with Crippen molar-refractivity contribution in [2.24, 2.45) is 5.11 Å². The molecule has 1 atom stereocenters. The van der Waals surface area contributed by atoms with Crippen LogP contribution in [0.1, 0.15) is 31.2 Å². The van der Waals surface area contributed by atoms with E-state index in [1.807, 2.05) is 0 Å². The first-order valence-corrected chi connectivity index (χ1v) is 9.55. The zero-order valence-corrected chi connectivity index (χ0v) is 16.3. The van der Waals surface area contributed by atoms with Gasteiger partial charge in [-0.2, -0.15) is 5.26 Å². The number of nitrogens with zero attached hydrogens (tertiary/aromatic N) is 7. The molecule has 10 heteroatoms. The molecule has 0 amide bonds. The average Bonchev–Trinajstić information content (AvgIpc) is 3.54. The van der Waals surface area contributed by atoms with Gasteiger partial charge in [0.25, 0.3) is 5.56 Å². The maximum atomic E-state index is 14.4. The molecule has 30 heavy (non-hydrogen) atoms. The molecule has 0 saturated heterocycles. The number of halogens is 1. The highest BCUT2D eigenvalue weighted by atomic mass is 19.1. The molecule has 0 aliphatic heterocycles. The van der Waals surface area contributed by atoms with E-state index >= 15 is 0 Å². The second kappa shape index (κ2) is 9.20. The third-order valence-corrected chi connectivity index (χ3v) is 4.97. The Hall–Kier alpha value is -3.70. The smallest absolute Gasteiger partial charge is 0.257 e. The van der Waals surface area contributed by atoms with Crippen LogP contribution in [0.2, 0.25) is 0 Å².